The van der Waals surface area contributed by atoms with Crippen molar-refractivity contribution in [1.82, 2.24) is 5.32 Å². The standard InChI is InChI=1S/C16H21NO3/c1-11(2)12(3)10-17-16(20)14-6-4-5-13(9-14)7-8-15(18)19/h4-9,11-12H,10H2,1-3H3,(H,17,20)(H,18,19). The average molecular weight is 275 g/mol. The zero-order valence-electron chi connectivity index (χ0n) is 12.1. The van der Waals surface area contributed by atoms with Crippen LogP contribution in [0, 0.1) is 11.8 Å². The second kappa shape index (κ2) is 7.48. The van der Waals surface area contributed by atoms with Crippen LogP contribution in [0.4, 0.5) is 0 Å². The van der Waals surface area contributed by atoms with Gasteiger partial charge in [-0.3, -0.25) is 4.79 Å². The van der Waals surface area contributed by atoms with Crippen LogP contribution in [0.1, 0.15) is 36.7 Å². The minimum absolute atomic E-state index is 0.136. The molecule has 1 unspecified atom stereocenters. The van der Waals surface area contributed by atoms with E-state index in [-0.39, 0.29) is 5.91 Å². The number of hydrogen-bond acceptors (Lipinski definition) is 2. The maximum absolute atomic E-state index is 12.0. The SMILES string of the molecule is CC(C)C(C)CNC(=O)c1cccc(C=CC(=O)O)c1. The molecule has 0 fully saturated rings. The van der Waals surface area contributed by atoms with Gasteiger partial charge in [-0.2, -0.15) is 0 Å². The summed E-state index contributed by atoms with van der Waals surface area (Å²) < 4.78 is 0. The van der Waals surface area contributed by atoms with Gasteiger partial charge in [-0.15, -0.1) is 0 Å². The molecule has 1 rings (SSSR count). The van der Waals surface area contributed by atoms with E-state index in [9.17, 15) is 9.59 Å². The minimum atomic E-state index is -1.01. The minimum Gasteiger partial charge on any atom is -0.478 e. The number of aliphatic carboxylic acids is 1. The molecule has 0 radical (unpaired) electrons. The Morgan fingerprint density at radius 3 is 2.60 bits per heavy atom. The number of rotatable bonds is 6. The highest BCUT2D eigenvalue weighted by Gasteiger charge is 2.10. The fourth-order valence-corrected chi connectivity index (χ4v) is 1.54. The van der Waals surface area contributed by atoms with Crippen LogP contribution in [0.5, 0.6) is 0 Å². The van der Waals surface area contributed by atoms with Crippen molar-refractivity contribution in [2.24, 2.45) is 11.8 Å². The van der Waals surface area contributed by atoms with E-state index in [4.69, 9.17) is 5.11 Å². The van der Waals surface area contributed by atoms with E-state index in [0.717, 1.165) is 6.08 Å². The molecule has 0 heterocycles. The van der Waals surface area contributed by atoms with E-state index in [1.807, 2.05) is 0 Å². The Bertz CT molecular complexity index is 506. The smallest absolute Gasteiger partial charge is 0.328 e. The number of carbonyl (C=O) groups is 2. The van der Waals surface area contributed by atoms with Crippen molar-refractivity contribution in [2.75, 3.05) is 6.54 Å². The van der Waals surface area contributed by atoms with Gasteiger partial charge in [0, 0.05) is 18.2 Å². The molecule has 4 heteroatoms. The lowest BCUT2D eigenvalue weighted by atomic mass is 9.98. The Morgan fingerprint density at radius 1 is 1.30 bits per heavy atom. The van der Waals surface area contributed by atoms with Gasteiger partial charge in [-0.1, -0.05) is 32.9 Å². The first kappa shape index (κ1) is 16.0. The van der Waals surface area contributed by atoms with E-state index in [1.165, 1.54) is 6.08 Å². The quantitative estimate of drug-likeness (QED) is 0.784. The van der Waals surface area contributed by atoms with Gasteiger partial charge in [0.2, 0.25) is 0 Å². The van der Waals surface area contributed by atoms with E-state index in [0.29, 0.717) is 29.5 Å². The lowest BCUT2D eigenvalue weighted by Crippen LogP contribution is -2.30. The second-order valence-corrected chi connectivity index (χ2v) is 5.23. The van der Waals surface area contributed by atoms with Gasteiger partial charge in [0.05, 0.1) is 0 Å². The summed E-state index contributed by atoms with van der Waals surface area (Å²) in [6.45, 7) is 6.96. The molecule has 0 aliphatic heterocycles. The first-order valence-corrected chi connectivity index (χ1v) is 6.69. The maximum atomic E-state index is 12.0. The number of carbonyl (C=O) groups excluding carboxylic acids is 1. The predicted octanol–water partition coefficient (Wildman–Crippen LogP) is 2.81. The molecule has 0 saturated heterocycles. The van der Waals surface area contributed by atoms with E-state index < -0.39 is 5.97 Å². The third kappa shape index (κ3) is 5.26. The summed E-state index contributed by atoms with van der Waals surface area (Å²) in [6, 6.07) is 6.89. The van der Waals surface area contributed by atoms with Crippen LogP contribution in [0.15, 0.2) is 30.3 Å². The van der Waals surface area contributed by atoms with Crippen molar-refractivity contribution in [3.8, 4) is 0 Å². The highest BCUT2D eigenvalue weighted by Crippen LogP contribution is 2.10. The van der Waals surface area contributed by atoms with Crippen molar-refractivity contribution in [2.45, 2.75) is 20.8 Å². The highest BCUT2D eigenvalue weighted by molar-refractivity contribution is 5.95. The summed E-state index contributed by atoms with van der Waals surface area (Å²) in [7, 11) is 0. The number of carboxylic acids is 1. The van der Waals surface area contributed by atoms with Gasteiger partial charge >= 0.3 is 5.97 Å². The Hall–Kier alpha value is -2.10. The fourth-order valence-electron chi connectivity index (χ4n) is 1.54. The van der Waals surface area contributed by atoms with Gasteiger partial charge in [0.15, 0.2) is 0 Å². The molecule has 0 saturated carbocycles. The van der Waals surface area contributed by atoms with E-state index in [1.54, 1.807) is 24.3 Å². The van der Waals surface area contributed by atoms with Crippen LogP contribution >= 0.6 is 0 Å². The first-order valence-electron chi connectivity index (χ1n) is 6.69. The molecule has 20 heavy (non-hydrogen) atoms. The monoisotopic (exact) mass is 275 g/mol. The topological polar surface area (TPSA) is 66.4 Å². The van der Waals surface area contributed by atoms with Gasteiger partial charge in [0.25, 0.3) is 5.91 Å². The maximum Gasteiger partial charge on any atom is 0.328 e. The molecule has 0 bridgehead atoms. The normalized spacial score (nSPS) is 12.6. The molecule has 0 aliphatic carbocycles. The van der Waals surface area contributed by atoms with E-state index in [2.05, 4.69) is 26.1 Å². The van der Waals surface area contributed by atoms with Crippen LogP contribution in [0.3, 0.4) is 0 Å². The summed E-state index contributed by atoms with van der Waals surface area (Å²) in [5.41, 5.74) is 1.23. The largest absolute Gasteiger partial charge is 0.478 e. The zero-order chi connectivity index (χ0) is 15.1. The summed E-state index contributed by atoms with van der Waals surface area (Å²) >= 11 is 0. The number of carboxylic acid groups (broad SMARTS) is 1. The van der Waals surface area contributed by atoms with Crippen molar-refractivity contribution >= 4 is 18.0 Å². The van der Waals surface area contributed by atoms with Gasteiger partial charge in [-0.25, -0.2) is 4.79 Å². The number of nitrogens with one attached hydrogen (secondary N) is 1. The molecule has 108 valence electrons. The predicted molar refractivity (Wildman–Crippen MR) is 79.4 cm³/mol. The molecule has 1 amide bonds. The van der Waals surface area contributed by atoms with Crippen LogP contribution in [0.25, 0.3) is 6.08 Å². The summed E-state index contributed by atoms with van der Waals surface area (Å²) in [5, 5.41) is 11.5. The highest BCUT2D eigenvalue weighted by atomic mass is 16.4. The summed E-state index contributed by atoms with van der Waals surface area (Å²) in [5.74, 6) is -0.220. The Balaban J connectivity index is 2.69. The lowest BCUT2D eigenvalue weighted by Gasteiger charge is -2.16. The molecular formula is C16H21NO3. The van der Waals surface area contributed by atoms with Crippen molar-refractivity contribution in [3.05, 3.63) is 41.5 Å². The molecular weight excluding hydrogens is 254 g/mol. The number of hydrogen-bond donors (Lipinski definition) is 2. The Morgan fingerprint density at radius 2 is 2.00 bits per heavy atom. The van der Waals surface area contributed by atoms with Gasteiger partial charge in [-0.05, 0) is 35.6 Å². The number of benzene rings is 1. The Kier molecular flexibility index (Phi) is 5.97. The van der Waals surface area contributed by atoms with Crippen molar-refractivity contribution in [1.29, 1.82) is 0 Å². The number of amides is 1. The molecule has 0 aliphatic rings. The van der Waals surface area contributed by atoms with Crippen molar-refractivity contribution < 1.29 is 14.7 Å². The zero-order valence-corrected chi connectivity index (χ0v) is 12.1. The average Bonchev–Trinajstić information content (AvgIpc) is 2.42. The van der Waals surface area contributed by atoms with Gasteiger partial charge < -0.3 is 10.4 Å². The third-order valence-corrected chi connectivity index (χ3v) is 3.29. The molecule has 1 aromatic carbocycles. The van der Waals surface area contributed by atoms with E-state index >= 15 is 0 Å². The lowest BCUT2D eigenvalue weighted by molar-refractivity contribution is -0.131. The molecule has 1 atom stereocenters. The van der Waals surface area contributed by atoms with Crippen LogP contribution in [0.2, 0.25) is 0 Å². The molecule has 4 nitrogen and oxygen atoms in total. The molecule has 2 N–H and O–H groups in total. The molecule has 1 aromatic rings. The molecule has 0 spiro atoms. The Labute approximate surface area is 119 Å². The van der Waals surface area contributed by atoms with Crippen LogP contribution < -0.4 is 5.32 Å². The first-order chi connectivity index (χ1) is 9.40. The van der Waals surface area contributed by atoms with Crippen LogP contribution in [-0.4, -0.2) is 23.5 Å². The molecule has 0 aromatic heterocycles. The van der Waals surface area contributed by atoms with Gasteiger partial charge in [0.1, 0.15) is 0 Å². The third-order valence-electron chi connectivity index (χ3n) is 3.29. The summed E-state index contributed by atoms with van der Waals surface area (Å²) in [6.07, 6.45) is 2.52. The second-order valence-electron chi connectivity index (χ2n) is 5.23. The van der Waals surface area contributed by atoms with Crippen LogP contribution in [-0.2, 0) is 4.79 Å². The van der Waals surface area contributed by atoms with Crippen molar-refractivity contribution in [3.63, 3.8) is 0 Å². The summed E-state index contributed by atoms with van der Waals surface area (Å²) in [4.78, 5) is 22.5. The fraction of sp³-hybridized carbons (Fsp3) is 0.375.